The summed E-state index contributed by atoms with van der Waals surface area (Å²) in [5.74, 6) is -0.0573. The average molecular weight is 491 g/mol. The van der Waals surface area contributed by atoms with E-state index in [0.29, 0.717) is 27.9 Å². The van der Waals surface area contributed by atoms with E-state index < -0.39 is 10.0 Å². The highest BCUT2D eigenvalue weighted by molar-refractivity contribution is 7.92. The van der Waals surface area contributed by atoms with E-state index >= 15 is 0 Å². The summed E-state index contributed by atoms with van der Waals surface area (Å²) in [6, 6.07) is 22.8. The van der Waals surface area contributed by atoms with Gasteiger partial charge in [0.15, 0.2) is 5.88 Å². The zero-order valence-electron chi connectivity index (χ0n) is 20.1. The standard InChI is InChI=1S/C27H30N4O3S/c1-4-35(33,34)30-22-14-15-24-23(18-22)25(27(32)29-24)26(20-8-6-5-7-9-20)28-21-12-10-19(11-13-21)16-17-31(2)3/h5-15,18,29-30,32H,4,16-17H2,1-3H3. The van der Waals surface area contributed by atoms with Crippen molar-refractivity contribution >= 4 is 38.0 Å². The summed E-state index contributed by atoms with van der Waals surface area (Å²) in [6.45, 7) is 2.55. The van der Waals surface area contributed by atoms with Crippen molar-refractivity contribution in [2.45, 2.75) is 13.3 Å². The highest BCUT2D eigenvalue weighted by Gasteiger charge is 2.19. The van der Waals surface area contributed by atoms with Crippen LogP contribution in [0.15, 0.2) is 77.8 Å². The molecule has 4 rings (SSSR count). The zero-order chi connectivity index (χ0) is 25.0. The van der Waals surface area contributed by atoms with Crippen LogP contribution in [0.5, 0.6) is 5.88 Å². The van der Waals surface area contributed by atoms with E-state index in [2.05, 4.69) is 40.8 Å². The van der Waals surface area contributed by atoms with Gasteiger partial charge >= 0.3 is 0 Å². The van der Waals surface area contributed by atoms with Gasteiger partial charge in [0, 0.05) is 28.7 Å². The third kappa shape index (κ3) is 5.90. The van der Waals surface area contributed by atoms with Gasteiger partial charge in [0.2, 0.25) is 10.0 Å². The number of fused-ring (bicyclic) bond motifs is 1. The first-order chi connectivity index (χ1) is 16.8. The fourth-order valence-electron chi connectivity index (χ4n) is 3.81. The second-order valence-corrected chi connectivity index (χ2v) is 10.7. The minimum Gasteiger partial charge on any atom is -0.494 e. The van der Waals surface area contributed by atoms with E-state index in [-0.39, 0.29) is 11.6 Å². The van der Waals surface area contributed by atoms with E-state index in [1.165, 1.54) is 5.56 Å². The first-order valence-electron chi connectivity index (χ1n) is 11.5. The Morgan fingerprint density at radius 1 is 1.03 bits per heavy atom. The molecule has 1 aromatic heterocycles. The number of benzene rings is 3. The molecule has 0 spiro atoms. The molecule has 3 N–H and O–H groups in total. The lowest BCUT2D eigenvalue weighted by atomic mass is 10.0. The Kier molecular flexibility index (Phi) is 7.23. The minimum atomic E-state index is -3.44. The number of aromatic amines is 1. The van der Waals surface area contributed by atoms with Gasteiger partial charge in [-0.25, -0.2) is 13.4 Å². The van der Waals surface area contributed by atoms with Gasteiger partial charge in [-0.3, -0.25) is 4.72 Å². The Labute approximate surface area is 206 Å². The molecule has 182 valence electrons. The Balaban J connectivity index is 1.81. The van der Waals surface area contributed by atoms with Gasteiger partial charge in [0.25, 0.3) is 0 Å². The van der Waals surface area contributed by atoms with E-state index in [4.69, 9.17) is 4.99 Å². The van der Waals surface area contributed by atoms with Gasteiger partial charge in [-0.05, 0) is 63.3 Å². The van der Waals surface area contributed by atoms with Crippen molar-refractivity contribution in [3.8, 4) is 5.88 Å². The maximum absolute atomic E-state index is 12.1. The normalized spacial score (nSPS) is 12.4. The van der Waals surface area contributed by atoms with Crippen molar-refractivity contribution in [1.29, 1.82) is 0 Å². The number of anilines is 1. The lowest BCUT2D eigenvalue weighted by Crippen LogP contribution is -2.14. The lowest BCUT2D eigenvalue weighted by molar-refractivity contribution is 0.413. The Bertz CT molecular complexity index is 1440. The molecule has 0 radical (unpaired) electrons. The van der Waals surface area contributed by atoms with E-state index in [0.717, 1.165) is 24.2 Å². The van der Waals surface area contributed by atoms with Gasteiger partial charge in [-0.2, -0.15) is 0 Å². The fourth-order valence-corrected chi connectivity index (χ4v) is 4.44. The molecule has 35 heavy (non-hydrogen) atoms. The van der Waals surface area contributed by atoms with Gasteiger partial charge in [0.05, 0.1) is 22.7 Å². The molecule has 7 nitrogen and oxygen atoms in total. The number of aliphatic imine (C=N–C) groups is 1. The van der Waals surface area contributed by atoms with Crippen LogP contribution >= 0.6 is 0 Å². The van der Waals surface area contributed by atoms with Crippen LogP contribution in [0.1, 0.15) is 23.6 Å². The number of nitrogens with zero attached hydrogens (tertiary/aromatic N) is 2. The van der Waals surface area contributed by atoms with E-state index in [9.17, 15) is 13.5 Å². The van der Waals surface area contributed by atoms with Gasteiger partial charge < -0.3 is 15.0 Å². The topological polar surface area (TPSA) is 97.8 Å². The average Bonchev–Trinajstić information content (AvgIpc) is 3.17. The van der Waals surface area contributed by atoms with Gasteiger partial charge in [-0.1, -0.05) is 42.5 Å². The number of rotatable bonds is 9. The molecule has 0 aliphatic rings. The molecule has 3 aromatic carbocycles. The molecule has 8 heteroatoms. The highest BCUT2D eigenvalue weighted by atomic mass is 32.2. The quantitative estimate of drug-likeness (QED) is 0.291. The number of hydrogen-bond acceptors (Lipinski definition) is 5. The summed E-state index contributed by atoms with van der Waals surface area (Å²) in [5, 5.41) is 11.6. The maximum atomic E-state index is 12.1. The molecule has 4 aromatic rings. The molecule has 0 unspecified atom stereocenters. The molecule has 0 amide bonds. The second-order valence-electron chi connectivity index (χ2n) is 8.66. The molecular weight excluding hydrogens is 460 g/mol. The number of H-pyrrole nitrogens is 1. The monoisotopic (exact) mass is 490 g/mol. The summed E-state index contributed by atoms with van der Waals surface area (Å²) in [5.41, 5.74) is 5.03. The minimum absolute atomic E-state index is 0.0271. The zero-order valence-corrected chi connectivity index (χ0v) is 20.9. The molecule has 0 atom stereocenters. The van der Waals surface area contributed by atoms with Crippen LogP contribution in [-0.2, 0) is 16.4 Å². The Morgan fingerprint density at radius 3 is 2.40 bits per heavy atom. The predicted octanol–water partition coefficient (Wildman–Crippen LogP) is 4.91. The summed E-state index contributed by atoms with van der Waals surface area (Å²) < 4.78 is 26.8. The molecule has 1 heterocycles. The number of aromatic nitrogens is 1. The summed E-state index contributed by atoms with van der Waals surface area (Å²) in [6.07, 6.45) is 0.947. The molecule has 0 aliphatic carbocycles. The molecule has 0 fully saturated rings. The predicted molar refractivity (Wildman–Crippen MR) is 143 cm³/mol. The molecule has 0 aliphatic heterocycles. The van der Waals surface area contributed by atoms with Gasteiger partial charge in [0.1, 0.15) is 0 Å². The first kappa shape index (κ1) is 24.5. The largest absolute Gasteiger partial charge is 0.494 e. The van der Waals surface area contributed by atoms with Crippen LogP contribution in [0, 0.1) is 0 Å². The number of nitrogens with one attached hydrogen (secondary N) is 2. The molecule has 0 saturated heterocycles. The SMILES string of the molecule is CCS(=O)(=O)Nc1ccc2[nH]c(O)c(C(=Nc3ccc(CCN(C)C)cc3)c3ccccc3)c2c1. The summed E-state index contributed by atoms with van der Waals surface area (Å²) >= 11 is 0. The first-order valence-corrected chi connectivity index (χ1v) is 13.1. The Morgan fingerprint density at radius 2 is 1.74 bits per heavy atom. The van der Waals surface area contributed by atoms with Crippen LogP contribution in [0.4, 0.5) is 11.4 Å². The third-order valence-corrected chi connectivity index (χ3v) is 7.05. The third-order valence-electron chi connectivity index (χ3n) is 5.74. The van der Waals surface area contributed by atoms with Crippen LogP contribution in [-0.4, -0.2) is 55.5 Å². The lowest BCUT2D eigenvalue weighted by Gasteiger charge is -2.10. The summed E-state index contributed by atoms with van der Waals surface area (Å²) in [4.78, 5) is 10.1. The van der Waals surface area contributed by atoms with E-state index in [1.807, 2.05) is 42.5 Å². The van der Waals surface area contributed by atoms with Crippen molar-refractivity contribution < 1.29 is 13.5 Å². The van der Waals surface area contributed by atoms with Crippen molar-refractivity contribution in [3.05, 3.63) is 89.5 Å². The maximum Gasteiger partial charge on any atom is 0.232 e. The van der Waals surface area contributed by atoms with Gasteiger partial charge in [-0.15, -0.1) is 0 Å². The van der Waals surface area contributed by atoms with Crippen molar-refractivity contribution in [3.63, 3.8) is 0 Å². The highest BCUT2D eigenvalue weighted by Crippen LogP contribution is 2.33. The molecule has 0 bridgehead atoms. The Hall–Kier alpha value is -3.62. The number of hydrogen-bond donors (Lipinski definition) is 3. The molecular formula is C27H30N4O3S. The second kappa shape index (κ2) is 10.3. The molecule has 0 saturated carbocycles. The fraction of sp³-hybridized carbons (Fsp3) is 0.222. The van der Waals surface area contributed by atoms with Crippen LogP contribution in [0.2, 0.25) is 0 Å². The van der Waals surface area contributed by atoms with E-state index in [1.54, 1.807) is 25.1 Å². The number of likely N-dealkylation sites (N-methyl/N-ethyl adjacent to an activating group) is 1. The van der Waals surface area contributed by atoms with Crippen molar-refractivity contribution in [2.75, 3.05) is 31.1 Å². The van der Waals surface area contributed by atoms with Crippen molar-refractivity contribution in [2.24, 2.45) is 4.99 Å². The summed E-state index contributed by atoms with van der Waals surface area (Å²) in [7, 11) is 0.667. The smallest absolute Gasteiger partial charge is 0.232 e. The van der Waals surface area contributed by atoms with Crippen LogP contribution in [0.3, 0.4) is 0 Å². The number of sulfonamides is 1. The van der Waals surface area contributed by atoms with Crippen LogP contribution in [0.25, 0.3) is 10.9 Å². The van der Waals surface area contributed by atoms with Crippen molar-refractivity contribution in [1.82, 2.24) is 9.88 Å². The van der Waals surface area contributed by atoms with Crippen LogP contribution < -0.4 is 4.72 Å². The number of aromatic hydroxyl groups is 1.